The van der Waals surface area contributed by atoms with Crippen LogP contribution >= 0.6 is 0 Å². The molecule has 1 aliphatic heterocycles. The predicted molar refractivity (Wildman–Crippen MR) is 38.2 cm³/mol. The molecular weight excluding hydrogens is 128 g/mol. The van der Waals surface area contributed by atoms with Gasteiger partial charge in [-0.3, -0.25) is 5.10 Å². The molecule has 0 amide bonds. The minimum atomic E-state index is 0.887. The van der Waals surface area contributed by atoms with Crippen LogP contribution in [-0.4, -0.2) is 28.5 Å². The number of hydrogen-bond acceptors (Lipinski definition) is 3. The molecule has 0 aromatic carbocycles. The molecule has 0 fully saturated rings. The second kappa shape index (κ2) is 1.83. The minimum Gasteiger partial charge on any atom is -0.361 e. The lowest BCUT2D eigenvalue weighted by molar-refractivity contribution is 0.509. The van der Waals surface area contributed by atoms with E-state index in [4.69, 9.17) is 0 Å². The summed E-state index contributed by atoms with van der Waals surface area (Å²) in [6, 6.07) is 0. The van der Waals surface area contributed by atoms with E-state index in [2.05, 4.69) is 15.2 Å². The molecule has 2 heterocycles. The number of aliphatic imine (C=N–C) groups is 1. The summed E-state index contributed by atoms with van der Waals surface area (Å²) < 4.78 is 0. The van der Waals surface area contributed by atoms with Crippen molar-refractivity contribution in [2.45, 2.75) is 6.54 Å². The molecule has 0 unspecified atom stereocenters. The Kier molecular flexibility index (Phi) is 1.00. The van der Waals surface area contributed by atoms with Gasteiger partial charge >= 0.3 is 0 Å². The van der Waals surface area contributed by atoms with Gasteiger partial charge in [0.25, 0.3) is 0 Å². The molecule has 4 nitrogen and oxygen atoms in total. The quantitative estimate of drug-likeness (QED) is 0.565. The van der Waals surface area contributed by atoms with Gasteiger partial charge in [0.1, 0.15) is 0 Å². The van der Waals surface area contributed by atoms with Crippen LogP contribution < -0.4 is 0 Å². The summed E-state index contributed by atoms with van der Waals surface area (Å²) >= 11 is 0. The Morgan fingerprint density at radius 3 is 3.50 bits per heavy atom. The smallest absolute Gasteiger partial charge is 0.154 e. The van der Waals surface area contributed by atoms with Gasteiger partial charge in [-0.25, -0.2) is 4.99 Å². The molecule has 4 heteroatoms. The van der Waals surface area contributed by atoms with E-state index in [9.17, 15) is 0 Å². The van der Waals surface area contributed by atoms with Crippen molar-refractivity contribution in [1.29, 1.82) is 0 Å². The van der Waals surface area contributed by atoms with Gasteiger partial charge in [0.15, 0.2) is 5.82 Å². The van der Waals surface area contributed by atoms with E-state index in [1.54, 1.807) is 6.34 Å². The summed E-state index contributed by atoms with van der Waals surface area (Å²) in [7, 11) is 1.99. The summed E-state index contributed by atoms with van der Waals surface area (Å²) in [5.74, 6) is 0.887. The molecule has 0 saturated carbocycles. The molecule has 2 rings (SSSR count). The molecule has 0 saturated heterocycles. The van der Waals surface area contributed by atoms with Crippen LogP contribution in [0.25, 0.3) is 0 Å². The van der Waals surface area contributed by atoms with Crippen molar-refractivity contribution < 1.29 is 0 Å². The molecule has 10 heavy (non-hydrogen) atoms. The second-order valence-corrected chi connectivity index (χ2v) is 2.40. The first-order valence-corrected chi connectivity index (χ1v) is 3.13. The van der Waals surface area contributed by atoms with Gasteiger partial charge in [0.05, 0.1) is 12.5 Å². The molecule has 0 radical (unpaired) electrons. The Balaban J connectivity index is 2.43. The van der Waals surface area contributed by atoms with Crippen molar-refractivity contribution in [2.75, 3.05) is 7.05 Å². The lowest BCUT2D eigenvalue weighted by Gasteiger charge is -2.15. The maximum Gasteiger partial charge on any atom is 0.154 e. The van der Waals surface area contributed by atoms with Crippen LogP contribution in [0.15, 0.2) is 11.2 Å². The summed E-state index contributed by atoms with van der Waals surface area (Å²) in [6.45, 7) is 0.898. The first-order valence-electron chi connectivity index (χ1n) is 3.13. The largest absolute Gasteiger partial charge is 0.361 e. The number of H-pyrrole nitrogens is 1. The molecule has 52 valence electrons. The highest BCUT2D eigenvalue weighted by atomic mass is 15.2. The summed E-state index contributed by atoms with van der Waals surface area (Å²) in [5, 5.41) is 6.68. The molecule has 0 spiro atoms. The van der Waals surface area contributed by atoms with Gasteiger partial charge in [0.2, 0.25) is 0 Å². The van der Waals surface area contributed by atoms with Crippen LogP contribution in [0, 0.1) is 0 Å². The number of aromatic amines is 1. The first kappa shape index (κ1) is 5.46. The molecule has 0 aliphatic carbocycles. The highest BCUT2D eigenvalue weighted by molar-refractivity contribution is 5.63. The zero-order valence-electron chi connectivity index (χ0n) is 5.70. The lowest BCUT2D eigenvalue weighted by atomic mass is 10.3. The Hall–Kier alpha value is -1.32. The number of nitrogens with one attached hydrogen (secondary N) is 1. The van der Waals surface area contributed by atoms with Crippen LogP contribution in [0.4, 0.5) is 5.82 Å². The highest BCUT2D eigenvalue weighted by Gasteiger charge is 2.08. The fourth-order valence-electron chi connectivity index (χ4n) is 0.998. The van der Waals surface area contributed by atoms with Crippen LogP contribution in [0.3, 0.4) is 0 Å². The Bertz CT molecular complexity index is 262. The fourth-order valence-corrected chi connectivity index (χ4v) is 0.998. The van der Waals surface area contributed by atoms with Gasteiger partial charge in [-0.2, -0.15) is 5.10 Å². The number of hydrogen-bond donors (Lipinski definition) is 1. The topological polar surface area (TPSA) is 44.3 Å². The molecule has 1 N–H and O–H groups in total. The third kappa shape index (κ3) is 0.689. The van der Waals surface area contributed by atoms with Crippen molar-refractivity contribution in [3.63, 3.8) is 0 Å². The normalized spacial score (nSPS) is 15.5. The maximum absolute atomic E-state index is 4.12. The first-order chi connectivity index (χ1) is 4.86. The lowest BCUT2D eigenvalue weighted by Crippen LogP contribution is -2.17. The van der Waals surface area contributed by atoms with E-state index < -0.39 is 0 Å². The third-order valence-corrected chi connectivity index (χ3v) is 1.50. The fraction of sp³-hybridized carbons (Fsp3) is 0.333. The SMILES string of the molecule is CN1C=Nc2[nH]ncc2C1. The molecular formula is C6H8N4. The summed E-state index contributed by atoms with van der Waals surface area (Å²) in [4.78, 5) is 6.13. The van der Waals surface area contributed by atoms with Gasteiger partial charge in [-0.05, 0) is 0 Å². The summed E-state index contributed by atoms with van der Waals surface area (Å²) in [5.41, 5.74) is 1.16. The maximum atomic E-state index is 4.12. The number of nitrogens with zero attached hydrogens (tertiary/aromatic N) is 3. The van der Waals surface area contributed by atoms with Gasteiger partial charge < -0.3 is 4.90 Å². The highest BCUT2D eigenvalue weighted by Crippen LogP contribution is 2.18. The van der Waals surface area contributed by atoms with E-state index in [1.807, 2.05) is 18.1 Å². The van der Waals surface area contributed by atoms with Crippen molar-refractivity contribution in [1.82, 2.24) is 15.1 Å². The molecule has 0 bridgehead atoms. The molecule has 1 aliphatic rings. The number of aromatic nitrogens is 2. The van der Waals surface area contributed by atoms with Crippen molar-refractivity contribution in [3.8, 4) is 0 Å². The average molecular weight is 136 g/mol. The Morgan fingerprint density at radius 1 is 1.70 bits per heavy atom. The molecule has 1 aromatic rings. The van der Waals surface area contributed by atoms with Gasteiger partial charge in [0, 0.05) is 19.2 Å². The van der Waals surface area contributed by atoms with Crippen LogP contribution in [-0.2, 0) is 6.54 Å². The Labute approximate surface area is 58.6 Å². The van der Waals surface area contributed by atoms with E-state index in [0.717, 1.165) is 17.9 Å². The molecule has 1 aromatic heterocycles. The number of fused-ring (bicyclic) bond motifs is 1. The van der Waals surface area contributed by atoms with Crippen LogP contribution in [0.5, 0.6) is 0 Å². The van der Waals surface area contributed by atoms with Crippen molar-refractivity contribution >= 4 is 12.2 Å². The second-order valence-electron chi connectivity index (χ2n) is 2.40. The van der Waals surface area contributed by atoms with E-state index in [0.29, 0.717) is 0 Å². The zero-order valence-corrected chi connectivity index (χ0v) is 5.70. The monoisotopic (exact) mass is 136 g/mol. The number of rotatable bonds is 0. The Morgan fingerprint density at radius 2 is 2.60 bits per heavy atom. The van der Waals surface area contributed by atoms with E-state index >= 15 is 0 Å². The van der Waals surface area contributed by atoms with Crippen molar-refractivity contribution in [2.24, 2.45) is 4.99 Å². The minimum absolute atomic E-state index is 0.887. The predicted octanol–water partition coefficient (Wildman–Crippen LogP) is 0.515. The standard InChI is InChI=1S/C6H8N4/c1-10-3-5-2-8-9-6(5)7-4-10/h2,4H,3H2,1H3,(H,8,9). The average Bonchev–Trinajstić information content (AvgIpc) is 2.33. The van der Waals surface area contributed by atoms with Gasteiger partial charge in [-0.15, -0.1) is 0 Å². The van der Waals surface area contributed by atoms with Gasteiger partial charge in [-0.1, -0.05) is 0 Å². The van der Waals surface area contributed by atoms with Crippen molar-refractivity contribution in [3.05, 3.63) is 11.8 Å². The summed E-state index contributed by atoms with van der Waals surface area (Å²) in [6.07, 6.45) is 3.60. The van der Waals surface area contributed by atoms with Crippen LogP contribution in [0.1, 0.15) is 5.56 Å². The molecule has 0 atom stereocenters. The van der Waals surface area contributed by atoms with E-state index in [-0.39, 0.29) is 0 Å². The van der Waals surface area contributed by atoms with Crippen LogP contribution in [0.2, 0.25) is 0 Å². The zero-order chi connectivity index (χ0) is 6.97. The van der Waals surface area contributed by atoms with E-state index in [1.165, 1.54) is 0 Å². The third-order valence-electron chi connectivity index (χ3n) is 1.50.